The Bertz CT molecular complexity index is 400. The summed E-state index contributed by atoms with van der Waals surface area (Å²) in [6.45, 7) is 3.62. The van der Waals surface area contributed by atoms with Crippen molar-refractivity contribution in [2.75, 3.05) is 0 Å². The average Bonchev–Trinajstić information content (AvgIpc) is 2.58. The molecule has 14 heavy (non-hydrogen) atoms. The van der Waals surface area contributed by atoms with Crippen LogP contribution < -0.4 is 4.74 Å². The van der Waals surface area contributed by atoms with Gasteiger partial charge in [0.2, 0.25) is 0 Å². The van der Waals surface area contributed by atoms with Gasteiger partial charge in [0, 0.05) is 24.1 Å². The summed E-state index contributed by atoms with van der Waals surface area (Å²) in [6, 6.07) is 4.64. The van der Waals surface area contributed by atoms with Gasteiger partial charge in [0.05, 0.1) is 4.92 Å². The molecule has 1 heterocycles. The molecule has 0 radical (unpaired) electrons. The van der Waals surface area contributed by atoms with Crippen LogP contribution in [0.15, 0.2) is 30.9 Å². The van der Waals surface area contributed by atoms with Crippen molar-refractivity contribution in [3.8, 4) is 5.75 Å². The average molecular weight is 191 g/mol. The van der Waals surface area contributed by atoms with Crippen molar-refractivity contribution in [1.29, 1.82) is 0 Å². The minimum atomic E-state index is -0.401. The number of ether oxygens (including phenoxy) is 1. The van der Waals surface area contributed by atoms with E-state index in [1.165, 1.54) is 6.07 Å². The molecule has 0 saturated carbocycles. The first kappa shape index (κ1) is 8.74. The summed E-state index contributed by atoms with van der Waals surface area (Å²) >= 11 is 0. The molecule has 1 aliphatic rings. The van der Waals surface area contributed by atoms with E-state index in [0.717, 1.165) is 11.3 Å². The Morgan fingerprint density at radius 2 is 2.43 bits per heavy atom. The number of fused-ring (bicyclic) bond motifs is 1. The van der Waals surface area contributed by atoms with Gasteiger partial charge in [-0.05, 0) is 6.07 Å². The molecule has 1 aliphatic heterocycles. The van der Waals surface area contributed by atoms with Crippen LogP contribution in [0.3, 0.4) is 0 Å². The van der Waals surface area contributed by atoms with Crippen LogP contribution in [0.25, 0.3) is 0 Å². The summed E-state index contributed by atoms with van der Waals surface area (Å²) in [5.74, 6) is 0.723. The second-order valence-corrected chi connectivity index (χ2v) is 3.15. The maximum atomic E-state index is 10.5. The molecule has 0 N–H and O–H groups in total. The largest absolute Gasteiger partial charge is 0.486 e. The lowest BCUT2D eigenvalue weighted by Crippen LogP contribution is -2.07. The number of nitro benzene ring substituents is 1. The van der Waals surface area contributed by atoms with E-state index in [1.54, 1.807) is 18.2 Å². The molecule has 1 aromatic carbocycles. The molecule has 0 amide bonds. The highest BCUT2D eigenvalue weighted by Crippen LogP contribution is 2.31. The van der Waals surface area contributed by atoms with Gasteiger partial charge in [-0.1, -0.05) is 12.7 Å². The number of non-ortho nitro benzene ring substituents is 1. The van der Waals surface area contributed by atoms with Crippen LogP contribution in [0.5, 0.6) is 5.75 Å². The number of nitro groups is 1. The topological polar surface area (TPSA) is 52.4 Å². The monoisotopic (exact) mass is 191 g/mol. The Morgan fingerprint density at radius 1 is 1.64 bits per heavy atom. The lowest BCUT2D eigenvalue weighted by atomic mass is 10.1. The zero-order valence-corrected chi connectivity index (χ0v) is 7.47. The van der Waals surface area contributed by atoms with Gasteiger partial charge in [-0.15, -0.1) is 0 Å². The highest BCUT2D eigenvalue weighted by atomic mass is 16.6. The van der Waals surface area contributed by atoms with E-state index in [4.69, 9.17) is 4.74 Å². The first-order valence-corrected chi connectivity index (χ1v) is 4.27. The van der Waals surface area contributed by atoms with Gasteiger partial charge in [-0.3, -0.25) is 10.1 Å². The van der Waals surface area contributed by atoms with E-state index in [-0.39, 0.29) is 11.8 Å². The van der Waals surface area contributed by atoms with Gasteiger partial charge in [0.15, 0.2) is 0 Å². The number of hydrogen-bond donors (Lipinski definition) is 0. The highest BCUT2D eigenvalue weighted by molar-refractivity contribution is 5.46. The summed E-state index contributed by atoms with van der Waals surface area (Å²) in [5, 5.41) is 10.5. The second-order valence-electron chi connectivity index (χ2n) is 3.15. The van der Waals surface area contributed by atoms with Crippen molar-refractivity contribution in [2.24, 2.45) is 0 Å². The number of hydrogen-bond acceptors (Lipinski definition) is 3. The summed E-state index contributed by atoms with van der Waals surface area (Å²) in [7, 11) is 0. The van der Waals surface area contributed by atoms with Crippen molar-refractivity contribution in [3.05, 3.63) is 46.5 Å². The third-order valence-corrected chi connectivity index (χ3v) is 2.22. The number of benzene rings is 1. The molecule has 4 nitrogen and oxygen atoms in total. The third-order valence-electron chi connectivity index (χ3n) is 2.22. The molecule has 2 rings (SSSR count). The summed E-state index contributed by atoms with van der Waals surface area (Å²) in [4.78, 5) is 10.1. The van der Waals surface area contributed by atoms with Crippen LogP contribution in [0.2, 0.25) is 0 Å². The molecule has 0 spiro atoms. The predicted molar refractivity (Wildman–Crippen MR) is 51.4 cm³/mol. The molecule has 72 valence electrons. The maximum Gasteiger partial charge on any atom is 0.269 e. The van der Waals surface area contributed by atoms with E-state index in [2.05, 4.69) is 6.58 Å². The predicted octanol–water partition coefficient (Wildman–Crippen LogP) is 2.08. The minimum absolute atomic E-state index is 0.0491. The highest BCUT2D eigenvalue weighted by Gasteiger charge is 2.22. The van der Waals surface area contributed by atoms with E-state index >= 15 is 0 Å². The number of rotatable bonds is 2. The van der Waals surface area contributed by atoms with Crippen molar-refractivity contribution in [2.45, 2.75) is 12.5 Å². The van der Waals surface area contributed by atoms with Crippen molar-refractivity contribution in [3.63, 3.8) is 0 Å². The lowest BCUT2D eigenvalue weighted by Gasteiger charge is -2.02. The number of nitrogens with zero attached hydrogens (tertiary/aromatic N) is 1. The SMILES string of the molecule is C=CC1Cc2cc([N+](=O)[O-])ccc2O1. The van der Waals surface area contributed by atoms with E-state index in [0.29, 0.717) is 6.42 Å². The molecule has 0 saturated heterocycles. The molecule has 1 atom stereocenters. The van der Waals surface area contributed by atoms with Gasteiger partial charge < -0.3 is 4.74 Å². The smallest absolute Gasteiger partial charge is 0.269 e. The summed E-state index contributed by atoms with van der Waals surface area (Å²) in [5.41, 5.74) is 0.987. The fraction of sp³-hybridized carbons (Fsp3) is 0.200. The fourth-order valence-corrected chi connectivity index (χ4v) is 1.51. The van der Waals surface area contributed by atoms with E-state index < -0.39 is 4.92 Å². The molecular formula is C10H9NO3. The quantitative estimate of drug-likeness (QED) is 0.408. The van der Waals surface area contributed by atoms with E-state index in [1.807, 2.05) is 0 Å². The Labute approximate surface area is 81.0 Å². The van der Waals surface area contributed by atoms with Crippen LogP contribution >= 0.6 is 0 Å². The van der Waals surface area contributed by atoms with Gasteiger partial charge >= 0.3 is 0 Å². The lowest BCUT2D eigenvalue weighted by molar-refractivity contribution is -0.384. The van der Waals surface area contributed by atoms with Crippen molar-refractivity contribution in [1.82, 2.24) is 0 Å². The maximum absolute atomic E-state index is 10.5. The fourth-order valence-electron chi connectivity index (χ4n) is 1.51. The molecule has 0 fully saturated rings. The Balaban J connectivity index is 2.35. The van der Waals surface area contributed by atoms with E-state index in [9.17, 15) is 10.1 Å². The van der Waals surface area contributed by atoms with Crippen LogP contribution in [0.4, 0.5) is 5.69 Å². The normalized spacial score (nSPS) is 18.4. The second kappa shape index (κ2) is 3.14. The Hall–Kier alpha value is -1.84. The van der Waals surface area contributed by atoms with Crippen LogP contribution in [0, 0.1) is 10.1 Å². The zero-order valence-electron chi connectivity index (χ0n) is 7.47. The molecule has 1 unspecified atom stereocenters. The molecule has 0 bridgehead atoms. The first-order chi connectivity index (χ1) is 6.70. The summed E-state index contributed by atoms with van der Waals surface area (Å²) < 4.78 is 5.45. The third kappa shape index (κ3) is 1.35. The van der Waals surface area contributed by atoms with Crippen molar-refractivity contribution < 1.29 is 9.66 Å². The van der Waals surface area contributed by atoms with Gasteiger partial charge in [-0.2, -0.15) is 0 Å². The van der Waals surface area contributed by atoms with Crippen LogP contribution in [-0.2, 0) is 6.42 Å². The Kier molecular flexibility index (Phi) is 1.96. The van der Waals surface area contributed by atoms with Crippen LogP contribution in [0.1, 0.15) is 5.56 Å². The zero-order chi connectivity index (χ0) is 10.1. The molecule has 0 aromatic heterocycles. The summed E-state index contributed by atoms with van der Waals surface area (Å²) in [6.07, 6.45) is 2.32. The first-order valence-electron chi connectivity index (χ1n) is 4.27. The molecule has 1 aromatic rings. The van der Waals surface area contributed by atoms with Crippen LogP contribution in [-0.4, -0.2) is 11.0 Å². The van der Waals surface area contributed by atoms with Gasteiger partial charge in [0.1, 0.15) is 11.9 Å². The molecular weight excluding hydrogens is 182 g/mol. The standard InChI is InChI=1S/C10H9NO3/c1-2-9-6-7-5-8(11(12)13)3-4-10(7)14-9/h2-5,9H,1,6H2. The van der Waals surface area contributed by atoms with Gasteiger partial charge in [0.25, 0.3) is 5.69 Å². The Morgan fingerprint density at radius 3 is 3.07 bits per heavy atom. The minimum Gasteiger partial charge on any atom is -0.486 e. The van der Waals surface area contributed by atoms with Crippen molar-refractivity contribution >= 4 is 5.69 Å². The van der Waals surface area contributed by atoms with Gasteiger partial charge in [-0.25, -0.2) is 0 Å². The molecule has 0 aliphatic carbocycles. The molecule has 4 heteroatoms.